The van der Waals surface area contributed by atoms with E-state index in [-0.39, 0.29) is 16.2 Å². The van der Waals surface area contributed by atoms with Crippen LogP contribution in [0.15, 0.2) is 48.5 Å². The maximum Gasteiger partial charge on any atom is 0.237 e. The van der Waals surface area contributed by atoms with Crippen LogP contribution in [0.2, 0.25) is 5.02 Å². The molecule has 0 aliphatic carbocycles. The van der Waals surface area contributed by atoms with Crippen molar-refractivity contribution in [3.05, 3.63) is 64.9 Å². The fourth-order valence-electron chi connectivity index (χ4n) is 1.69. The molecule has 2 nitrogen and oxygen atoms in total. The largest absolute Gasteiger partial charge is 0.325 e. The van der Waals surface area contributed by atoms with Gasteiger partial charge in [-0.15, -0.1) is 11.8 Å². The predicted molar refractivity (Wildman–Crippen MR) is 87.2 cm³/mol. The van der Waals surface area contributed by atoms with Crippen LogP contribution in [0.1, 0.15) is 12.5 Å². The maximum atomic E-state index is 13.1. The molecule has 0 heterocycles. The summed E-state index contributed by atoms with van der Waals surface area (Å²) in [4.78, 5) is 12.1. The van der Waals surface area contributed by atoms with E-state index >= 15 is 0 Å². The number of benzene rings is 2. The highest BCUT2D eigenvalue weighted by atomic mass is 35.5. The second-order valence-corrected chi connectivity index (χ2v) is 6.29. The van der Waals surface area contributed by atoms with Gasteiger partial charge in [0.2, 0.25) is 5.91 Å². The lowest BCUT2D eigenvalue weighted by Gasteiger charge is -2.12. The smallest absolute Gasteiger partial charge is 0.237 e. The lowest BCUT2D eigenvalue weighted by atomic mass is 10.2. The average molecular weight is 324 g/mol. The molecule has 21 heavy (non-hydrogen) atoms. The number of hydrogen-bond acceptors (Lipinski definition) is 2. The topological polar surface area (TPSA) is 29.1 Å². The highest BCUT2D eigenvalue weighted by Gasteiger charge is 2.14. The fraction of sp³-hybridized carbons (Fsp3) is 0.188. The molecule has 0 aromatic heterocycles. The third-order valence-electron chi connectivity index (χ3n) is 2.90. The number of halogens is 2. The first-order valence-corrected chi connectivity index (χ1v) is 7.90. The third kappa shape index (κ3) is 4.76. The summed E-state index contributed by atoms with van der Waals surface area (Å²) in [5.41, 5.74) is 1.67. The standard InChI is InChI=1S/C16H15ClFNOS/c1-11(21-10-12-5-3-2-4-6-12)16(20)19-13-7-8-15(18)14(17)9-13/h2-9,11H,10H2,1H3,(H,19,20)/t11-/m1/s1. The SMILES string of the molecule is C[C@@H](SCc1ccccc1)C(=O)Nc1ccc(F)c(Cl)c1. The van der Waals surface area contributed by atoms with E-state index in [2.05, 4.69) is 5.32 Å². The molecule has 0 saturated carbocycles. The van der Waals surface area contributed by atoms with E-state index in [1.54, 1.807) is 11.8 Å². The zero-order valence-corrected chi connectivity index (χ0v) is 13.0. The summed E-state index contributed by atoms with van der Waals surface area (Å²) < 4.78 is 13.1. The minimum Gasteiger partial charge on any atom is -0.325 e. The Morgan fingerprint density at radius 1 is 1.29 bits per heavy atom. The Hall–Kier alpha value is -1.52. The second-order valence-electron chi connectivity index (χ2n) is 4.56. The van der Waals surface area contributed by atoms with Crippen LogP contribution in [-0.4, -0.2) is 11.2 Å². The van der Waals surface area contributed by atoms with E-state index < -0.39 is 5.82 Å². The molecule has 0 spiro atoms. The van der Waals surface area contributed by atoms with Crippen molar-refractivity contribution in [1.82, 2.24) is 0 Å². The molecule has 1 amide bonds. The minimum absolute atomic E-state index is 0.00242. The van der Waals surface area contributed by atoms with E-state index in [1.165, 1.54) is 23.8 Å². The van der Waals surface area contributed by atoms with E-state index in [0.717, 1.165) is 5.75 Å². The Balaban J connectivity index is 1.89. The van der Waals surface area contributed by atoms with Gasteiger partial charge >= 0.3 is 0 Å². The first kappa shape index (κ1) is 15.9. The van der Waals surface area contributed by atoms with Crippen molar-refractivity contribution in [1.29, 1.82) is 0 Å². The molecule has 0 saturated heterocycles. The van der Waals surface area contributed by atoms with Gasteiger partial charge in [0, 0.05) is 11.4 Å². The van der Waals surface area contributed by atoms with Gasteiger partial charge in [-0.1, -0.05) is 41.9 Å². The maximum absolute atomic E-state index is 13.1. The van der Waals surface area contributed by atoms with E-state index in [1.807, 2.05) is 37.3 Å². The first-order chi connectivity index (χ1) is 10.1. The van der Waals surface area contributed by atoms with Crippen LogP contribution in [0.25, 0.3) is 0 Å². The third-order valence-corrected chi connectivity index (χ3v) is 4.40. The van der Waals surface area contributed by atoms with Crippen molar-refractivity contribution in [3.63, 3.8) is 0 Å². The molecule has 2 aromatic carbocycles. The van der Waals surface area contributed by atoms with Gasteiger partial charge in [0.05, 0.1) is 10.3 Å². The van der Waals surface area contributed by atoms with Gasteiger partial charge in [0.1, 0.15) is 5.82 Å². The quantitative estimate of drug-likeness (QED) is 0.861. The monoisotopic (exact) mass is 323 g/mol. The van der Waals surface area contributed by atoms with Gasteiger partial charge in [-0.3, -0.25) is 4.79 Å². The zero-order valence-electron chi connectivity index (χ0n) is 11.5. The fourth-order valence-corrected chi connectivity index (χ4v) is 2.71. The van der Waals surface area contributed by atoms with Gasteiger partial charge < -0.3 is 5.32 Å². The summed E-state index contributed by atoms with van der Waals surface area (Å²) >= 11 is 7.23. The summed E-state index contributed by atoms with van der Waals surface area (Å²) in [5, 5.41) is 2.52. The van der Waals surface area contributed by atoms with Crippen molar-refractivity contribution in [2.24, 2.45) is 0 Å². The molecular formula is C16H15ClFNOS. The second kappa shape index (κ2) is 7.48. The van der Waals surface area contributed by atoms with Gasteiger partial charge in [-0.2, -0.15) is 0 Å². The van der Waals surface area contributed by atoms with Crippen molar-refractivity contribution < 1.29 is 9.18 Å². The van der Waals surface area contributed by atoms with E-state index in [4.69, 9.17) is 11.6 Å². The molecular weight excluding hydrogens is 309 g/mol. The molecule has 5 heteroatoms. The van der Waals surface area contributed by atoms with Crippen LogP contribution >= 0.6 is 23.4 Å². The molecule has 2 aromatic rings. The Morgan fingerprint density at radius 3 is 2.67 bits per heavy atom. The van der Waals surface area contributed by atoms with Gasteiger partial charge in [-0.25, -0.2) is 4.39 Å². The summed E-state index contributed by atoms with van der Waals surface area (Å²) in [6.07, 6.45) is 0. The van der Waals surface area contributed by atoms with Gasteiger partial charge in [0.15, 0.2) is 0 Å². The lowest BCUT2D eigenvalue weighted by Crippen LogP contribution is -2.22. The van der Waals surface area contributed by atoms with Crippen molar-refractivity contribution in [2.45, 2.75) is 17.9 Å². The Morgan fingerprint density at radius 2 is 2.00 bits per heavy atom. The number of nitrogens with one attached hydrogen (secondary N) is 1. The summed E-state index contributed by atoms with van der Waals surface area (Å²) in [6.45, 7) is 1.84. The van der Waals surface area contributed by atoms with Gasteiger partial charge in [-0.05, 0) is 30.7 Å². The Bertz CT molecular complexity index is 621. The molecule has 0 bridgehead atoms. The van der Waals surface area contributed by atoms with Crippen LogP contribution in [0.4, 0.5) is 10.1 Å². The summed E-state index contributed by atoms with van der Waals surface area (Å²) in [5.74, 6) is 0.138. The normalized spacial score (nSPS) is 12.0. The molecule has 110 valence electrons. The molecule has 0 radical (unpaired) electrons. The predicted octanol–water partition coefficient (Wildman–Crippen LogP) is 4.74. The Kier molecular flexibility index (Phi) is 5.65. The van der Waals surface area contributed by atoms with Crippen molar-refractivity contribution >= 4 is 35.0 Å². The molecule has 0 aliphatic rings. The van der Waals surface area contributed by atoms with Gasteiger partial charge in [0.25, 0.3) is 0 Å². The summed E-state index contributed by atoms with van der Waals surface area (Å²) in [6, 6.07) is 14.1. The van der Waals surface area contributed by atoms with E-state index in [9.17, 15) is 9.18 Å². The number of anilines is 1. The number of rotatable bonds is 5. The average Bonchev–Trinajstić information content (AvgIpc) is 2.49. The number of hydrogen-bond donors (Lipinski definition) is 1. The number of carbonyl (C=O) groups is 1. The first-order valence-electron chi connectivity index (χ1n) is 6.47. The van der Waals surface area contributed by atoms with Crippen LogP contribution in [0.5, 0.6) is 0 Å². The Labute approximate surface area is 132 Å². The molecule has 2 rings (SSSR count). The molecule has 1 N–H and O–H groups in total. The molecule has 1 atom stereocenters. The highest BCUT2D eigenvalue weighted by Crippen LogP contribution is 2.22. The summed E-state index contributed by atoms with van der Waals surface area (Å²) in [7, 11) is 0. The van der Waals surface area contributed by atoms with E-state index in [0.29, 0.717) is 5.69 Å². The van der Waals surface area contributed by atoms with Crippen LogP contribution < -0.4 is 5.32 Å². The number of amides is 1. The number of carbonyl (C=O) groups excluding carboxylic acids is 1. The highest BCUT2D eigenvalue weighted by molar-refractivity contribution is 7.99. The minimum atomic E-state index is -0.499. The number of thioether (sulfide) groups is 1. The molecule has 0 fully saturated rings. The molecule has 0 aliphatic heterocycles. The zero-order chi connectivity index (χ0) is 15.2. The lowest BCUT2D eigenvalue weighted by molar-refractivity contribution is -0.115. The van der Waals surface area contributed by atoms with Crippen LogP contribution in [0, 0.1) is 5.82 Å². The van der Waals surface area contributed by atoms with Crippen molar-refractivity contribution in [3.8, 4) is 0 Å². The molecule has 0 unspecified atom stereocenters. The van der Waals surface area contributed by atoms with Crippen LogP contribution in [0.3, 0.4) is 0 Å². The van der Waals surface area contributed by atoms with Crippen molar-refractivity contribution in [2.75, 3.05) is 5.32 Å². The van der Waals surface area contributed by atoms with Crippen LogP contribution in [-0.2, 0) is 10.5 Å².